The van der Waals surface area contributed by atoms with E-state index in [1.165, 1.54) is 13.4 Å². The van der Waals surface area contributed by atoms with E-state index in [9.17, 15) is 4.79 Å². The quantitative estimate of drug-likeness (QED) is 0.578. The third-order valence-corrected chi connectivity index (χ3v) is 1.78. The molecule has 0 amide bonds. The van der Waals surface area contributed by atoms with Crippen LogP contribution < -0.4 is 0 Å². The highest BCUT2D eigenvalue weighted by Crippen LogP contribution is 2.22. The van der Waals surface area contributed by atoms with Crippen molar-refractivity contribution in [1.82, 2.24) is 9.97 Å². The summed E-state index contributed by atoms with van der Waals surface area (Å²) in [6, 6.07) is 0. The molecule has 1 aromatic rings. The maximum absolute atomic E-state index is 11.1. The zero-order valence-electron chi connectivity index (χ0n) is 7.02. The molecule has 0 saturated heterocycles. The minimum Gasteiger partial charge on any atom is -0.465 e. The topological polar surface area (TPSA) is 64.4 Å². The first kappa shape index (κ1) is 7.85. The molecule has 0 fully saturated rings. The number of aromatic nitrogens is 2. The van der Waals surface area contributed by atoms with E-state index in [4.69, 9.17) is 0 Å². The smallest absolute Gasteiger partial charge is 0.352 e. The van der Waals surface area contributed by atoms with Crippen LogP contribution in [-0.2, 0) is 16.0 Å². The van der Waals surface area contributed by atoms with Crippen LogP contribution in [0.1, 0.15) is 5.56 Å². The minimum absolute atomic E-state index is 0.387. The molecule has 0 spiro atoms. The normalized spacial score (nSPS) is 13.5. The first-order valence-corrected chi connectivity index (χ1v) is 3.76. The second kappa shape index (κ2) is 2.93. The number of fused-ring (bicyclic) bond motifs is 1. The van der Waals surface area contributed by atoms with Gasteiger partial charge in [0.15, 0.2) is 5.82 Å². The molecule has 0 N–H and O–H groups in total. The van der Waals surface area contributed by atoms with Crippen LogP contribution in [0, 0.1) is 0 Å². The van der Waals surface area contributed by atoms with Crippen LogP contribution >= 0.6 is 0 Å². The van der Waals surface area contributed by atoms with E-state index in [0.29, 0.717) is 18.0 Å². The summed E-state index contributed by atoms with van der Waals surface area (Å²) in [6.45, 7) is 0. The van der Waals surface area contributed by atoms with Crippen molar-refractivity contribution in [2.24, 2.45) is 4.99 Å². The summed E-state index contributed by atoms with van der Waals surface area (Å²) in [7, 11) is 1.33. The lowest BCUT2D eigenvalue weighted by atomic mass is 10.2. The van der Waals surface area contributed by atoms with Crippen molar-refractivity contribution in [2.45, 2.75) is 6.42 Å². The van der Waals surface area contributed by atoms with Crippen LogP contribution in [0.4, 0.5) is 5.82 Å². The molecule has 2 heterocycles. The molecule has 0 unspecified atom stereocenters. The lowest BCUT2D eigenvalue weighted by Crippen LogP contribution is -2.15. The predicted molar refractivity (Wildman–Crippen MR) is 44.8 cm³/mol. The van der Waals surface area contributed by atoms with Crippen molar-refractivity contribution < 1.29 is 9.53 Å². The SMILES string of the molecule is COC(=O)C1=Nc2ncncc2C1. The van der Waals surface area contributed by atoms with Crippen LogP contribution in [-0.4, -0.2) is 28.8 Å². The number of methoxy groups -OCH3 is 1. The van der Waals surface area contributed by atoms with Crippen LogP contribution in [0.2, 0.25) is 0 Å². The number of nitrogens with zero attached hydrogens (tertiary/aromatic N) is 3. The van der Waals surface area contributed by atoms with Gasteiger partial charge in [0.2, 0.25) is 0 Å². The Labute approximate surface area is 74.5 Å². The first-order valence-electron chi connectivity index (χ1n) is 3.76. The lowest BCUT2D eigenvalue weighted by Gasteiger charge is -1.94. The highest BCUT2D eigenvalue weighted by molar-refractivity contribution is 6.38. The van der Waals surface area contributed by atoms with Gasteiger partial charge in [0.25, 0.3) is 0 Å². The second-order valence-electron chi connectivity index (χ2n) is 2.60. The second-order valence-corrected chi connectivity index (χ2v) is 2.60. The summed E-state index contributed by atoms with van der Waals surface area (Å²) in [5, 5.41) is 0. The van der Waals surface area contributed by atoms with Crippen LogP contribution in [0.3, 0.4) is 0 Å². The van der Waals surface area contributed by atoms with Crippen molar-refractivity contribution >= 4 is 17.5 Å². The third-order valence-electron chi connectivity index (χ3n) is 1.78. The van der Waals surface area contributed by atoms with Gasteiger partial charge in [-0.1, -0.05) is 0 Å². The fourth-order valence-corrected chi connectivity index (χ4v) is 1.16. The Morgan fingerprint density at radius 2 is 2.46 bits per heavy atom. The van der Waals surface area contributed by atoms with Crippen molar-refractivity contribution in [2.75, 3.05) is 7.11 Å². The van der Waals surface area contributed by atoms with Gasteiger partial charge in [-0.25, -0.2) is 19.8 Å². The number of aliphatic imine (C=N–C) groups is 1. The monoisotopic (exact) mass is 177 g/mol. The maximum atomic E-state index is 11.1. The number of ether oxygens (including phenoxy) is 1. The molecular formula is C8H7N3O2. The Hall–Kier alpha value is -1.78. The van der Waals surface area contributed by atoms with Crippen LogP contribution in [0.5, 0.6) is 0 Å². The van der Waals surface area contributed by atoms with Gasteiger partial charge in [0.1, 0.15) is 12.0 Å². The summed E-state index contributed by atoms with van der Waals surface area (Å²) in [4.78, 5) is 22.9. The molecule has 0 aromatic carbocycles. The molecule has 5 nitrogen and oxygen atoms in total. The summed E-state index contributed by atoms with van der Waals surface area (Å²) < 4.78 is 4.55. The largest absolute Gasteiger partial charge is 0.465 e. The highest BCUT2D eigenvalue weighted by atomic mass is 16.5. The average Bonchev–Trinajstić information content (AvgIpc) is 2.59. The molecule has 0 saturated carbocycles. The van der Waals surface area contributed by atoms with Crippen molar-refractivity contribution in [3.05, 3.63) is 18.1 Å². The van der Waals surface area contributed by atoms with Gasteiger partial charge in [0, 0.05) is 18.2 Å². The molecule has 1 aliphatic rings. The number of esters is 1. The van der Waals surface area contributed by atoms with Crippen LogP contribution in [0.15, 0.2) is 17.5 Å². The average molecular weight is 177 g/mol. The predicted octanol–water partition coefficient (Wildman–Crippen LogP) is 0.278. The van der Waals surface area contributed by atoms with E-state index >= 15 is 0 Å². The molecule has 0 atom stereocenters. The fraction of sp³-hybridized carbons (Fsp3) is 0.250. The van der Waals surface area contributed by atoms with E-state index in [2.05, 4.69) is 19.7 Å². The summed E-state index contributed by atoms with van der Waals surface area (Å²) in [5.74, 6) is 0.161. The summed E-state index contributed by atoms with van der Waals surface area (Å²) in [5.41, 5.74) is 1.25. The van der Waals surface area contributed by atoms with E-state index in [1.807, 2.05) is 0 Å². The third kappa shape index (κ3) is 1.28. The molecule has 0 radical (unpaired) electrons. The maximum Gasteiger partial charge on any atom is 0.352 e. The van der Waals surface area contributed by atoms with E-state index < -0.39 is 5.97 Å². The van der Waals surface area contributed by atoms with Gasteiger partial charge in [-0.05, 0) is 0 Å². The Balaban J connectivity index is 2.31. The number of hydrogen-bond acceptors (Lipinski definition) is 5. The minimum atomic E-state index is -0.405. The Kier molecular flexibility index (Phi) is 1.77. The van der Waals surface area contributed by atoms with E-state index in [-0.39, 0.29) is 0 Å². The molecule has 0 aliphatic carbocycles. The number of rotatable bonds is 1. The number of hydrogen-bond donors (Lipinski definition) is 0. The Morgan fingerprint density at radius 3 is 3.15 bits per heavy atom. The van der Waals surface area contributed by atoms with Crippen LogP contribution in [0.25, 0.3) is 0 Å². The summed E-state index contributed by atoms with van der Waals surface area (Å²) in [6.07, 6.45) is 3.52. The molecule has 66 valence electrons. The molecule has 1 aliphatic heterocycles. The van der Waals surface area contributed by atoms with Gasteiger partial charge >= 0.3 is 5.97 Å². The molecule has 1 aromatic heterocycles. The number of carbonyl (C=O) groups is 1. The molecule has 5 heteroatoms. The standard InChI is InChI=1S/C8H7N3O2/c1-13-8(12)6-2-5-3-9-4-10-7(5)11-6/h3-4H,2H2,1H3. The number of carbonyl (C=O) groups excluding carboxylic acids is 1. The van der Waals surface area contributed by atoms with E-state index in [0.717, 1.165) is 5.56 Å². The van der Waals surface area contributed by atoms with Gasteiger partial charge < -0.3 is 4.74 Å². The first-order chi connectivity index (χ1) is 6.31. The molecule has 2 rings (SSSR count). The lowest BCUT2D eigenvalue weighted by molar-refractivity contribution is -0.132. The van der Waals surface area contributed by atoms with Gasteiger partial charge in [0.05, 0.1) is 7.11 Å². The van der Waals surface area contributed by atoms with E-state index in [1.54, 1.807) is 6.20 Å². The zero-order chi connectivity index (χ0) is 9.26. The summed E-state index contributed by atoms with van der Waals surface area (Å²) >= 11 is 0. The van der Waals surface area contributed by atoms with Crippen molar-refractivity contribution in [3.8, 4) is 0 Å². The van der Waals surface area contributed by atoms with Crippen molar-refractivity contribution in [3.63, 3.8) is 0 Å². The molecule has 0 bridgehead atoms. The zero-order valence-corrected chi connectivity index (χ0v) is 7.02. The van der Waals surface area contributed by atoms with Crippen molar-refractivity contribution in [1.29, 1.82) is 0 Å². The van der Waals surface area contributed by atoms with Gasteiger partial charge in [-0.2, -0.15) is 0 Å². The Morgan fingerprint density at radius 1 is 1.62 bits per heavy atom. The highest BCUT2D eigenvalue weighted by Gasteiger charge is 2.21. The van der Waals surface area contributed by atoms with Gasteiger partial charge in [-0.3, -0.25) is 0 Å². The van der Waals surface area contributed by atoms with Gasteiger partial charge in [-0.15, -0.1) is 0 Å². The fourth-order valence-electron chi connectivity index (χ4n) is 1.16. The molecular weight excluding hydrogens is 170 g/mol. The Bertz CT molecular complexity index is 387. The molecule has 13 heavy (non-hydrogen) atoms.